The van der Waals surface area contributed by atoms with E-state index in [2.05, 4.69) is 25.1 Å². The average Bonchev–Trinajstić information content (AvgIpc) is 4.03. The van der Waals surface area contributed by atoms with Gasteiger partial charge in [0.15, 0.2) is 0 Å². The number of likely N-dealkylation sites (tertiary alicyclic amines) is 2. The standard InChI is InChI=1S/C54H56F2N8O5/c1-30(2)45(61-52(67)68-3)50(65)63-29-53(17-18-53)27-44(63)48-57-28-43(60-48)34-11-15-38-37-14-10-32(24-39(37)54(55,56)40(38)25-34)33-12-16-41-42(26-33)59-49(58-41)46-35-9-13-36(23-35)64(46)51(66)47(31-7-5-4-6-8-31)62-19-21-69-22-20-62/h4-8,10-12,14-16,24-26,28,30,35-36,44-47H,9,13,17-23,27,29H2,1-3H3,(H,57,60)(H,58,59)(H,61,67)/t35-,36+,44-,45?,46-,47+/m0/s1. The van der Waals surface area contributed by atoms with Crippen molar-refractivity contribution >= 4 is 28.9 Å². The Kier molecular flexibility index (Phi) is 10.5. The van der Waals surface area contributed by atoms with Gasteiger partial charge < -0.3 is 34.6 Å². The Labute approximate surface area is 399 Å². The van der Waals surface area contributed by atoms with Gasteiger partial charge in [-0.1, -0.05) is 74.5 Å². The molecule has 69 heavy (non-hydrogen) atoms. The number of nitrogens with zero attached hydrogens (tertiary/aromatic N) is 5. The van der Waals surface area contributed by atoms with Gasteiger partial charge in [0, 0.05) is 42.4 Å². The zero-order chi connectivity index (χ0) is 47.3. The summed E-state index contributed by atoms with van der Waals surface area (Å²) < 4.78 is 44.1. The highest BCUT2D eigenvalue weighted by molar-refractivity contribution is 5.89. The number of rotatable bonds is 10. The Balaban J connectivity index is 0.799. The molecule has 2 bridgehead atoms. The van der Waals surface area contributed by atoms with Crippen molar-refractivity contribution in [2.75, 3.05) is 40.0 Å². The van der Waals surface area contributed by atoms with Gasteiger partial charge in [0.25, 0.3) is 5.92 Å². The van der Waals surface area contributed by atoms with Crippen LogP contribution in [0, 0.1) is 17.3 Å². The highest BCUT2D eigenvalue weighted by atomic mass is 19.3. The summed E-state index contributed by atoms with van der Waals surface area (Å²) in [6.07, 6.45) is 6.69. The second-order valence-electron chi connectivity index (χ2n) is 20.6. The average molecular weight is 935 g/mol. The van der Waals surface area contributed by atoms with Gasteiger partial charge in [-0.2, -0.15) is 8.78 Å². The van der Waals surface area contributed by atoms with E-state index in [0.717, 1.165) is 66.5 Å². The number of carbonyl (C=O) groups is 3. The molecule has 0 radical (unpaired) electrons. The van der Waals surface area contributed by atoms with E-state index in [4.69, 9.17) is 19.4 Å². The first-order valence-electron chi connectivity index (χ1n) is 24.5. The number of aromatic nitrogens is 4. The van der Waals surface area contributed by atoms with Crippen LogP contribution in [0.15, 0.2) is 91.1 Å². The van der Waals surface area contributed by atoms with Crippen LogP contribution < -0.4 is 5.32 Å². The molecule has 3 N–H and O–H groups in total. The minimum Gasteiger partial charge on any atom is -0.453 e. The van der Waals surface area contributed by atoms with Crippen molar-refractivity contribution < 1.29 is 32.6 Å². The molecule has 1 unspecified atom stereocenters. The number of halogens is 2. The van der Waals surface area contributed by atoms with E-state index in [0.29, 0.717) is 72.5 Å². The Morgan fingerprint density at radius 2 is 1.57 bits per heavy atom. The fraction of sp³-hybridized carbons (Fsp3) is 0.426. The minimum atomic E-state index is -3.27. The molecule has 6 aliphatic rings. The summed E-state index contributed by atoms with van der Waals surface area (Å²) in [6.45, 7) is 6.88. The molecule has 4 aromatic carbocycles. The third-order valence-electron chi connectivity index (χ3n) is 16.1. The maximum Gasteiger partial charge on any atom is 0.407 e. The van der Waals surface area contributed by atoms with Crippen LogP contribution >= 0.6 is 0 Å². The van der Waals surface area contributed by atoms with Crippen molar-refractivity contribution in [3.63, 3.8) is 0 Å². The molecule has 13 nitrogen and oxygen atoms in total. The summed E-state index contributed by atoms with van der Waals surface area (Å²) in [5.74, 6) is -1.89. The Morgan fingerprint density at radius 3 is 2.29 bits per heavy atom. The number of methoxy groups -OCH3 is 1. The molecular formula is C54H56F2N8O5. The number of hydrogen-bond acceptors (Lipinski definition) is 8. The van der Waals surface area contributed by atoms with Crippen LogP contribution in [0.3, 0.4) is 0 Å². The molecule has 15 heteroatoms. The van der Waals surface area contributed by atoms with Crippen LogP contribution in [0.5, 0.6) is 0 Å². The fourth-order valence-corrected chi connectivity index (χ4v) is 12.3. The maximum absolute atomic E-state index is 16.8. The molecule has 3 aliphatic carbocycles. The SMILES string of the molecule is COC(=O)NC(C(=O)N1CC2(CC2)C[C@H]1c1ncc(-c2ccc3c(c2)C(F)(F)c2cc(-c4ccc5nc([C@@H]6[C@H]7CC[C@H](C7)N6C(=O)[C@@H](c6ccccc6)N6CCOCC6)[nH]c5c4)ccc2-3)[nH]1)C(C)C. The topological polar surface area (TPSA) is 149 Å². The number of benzene rings is 4. The lowest BCUT2D eigenvalue weighted by atomic mass is 9.95. The van der Waals surface area contributed by atoms with Gasteiger partial charge in [0.1, 0.15) is 23.7 Å². The number of morpholine rings is 1. The Hall–Kier alpha value is -6.45. The van der Waals surface area contributed by atoms with Crippen LogP contribution in [0.4, 0.5) is 13.6 Å². The molecule has 6 aromatic rings. The van der Waals surface area contributed by atoms with Crippen molar-refractivity contribution in [1.29, 1.82) is 0 Å². The zero-order valence-electron chi connectivity index (χ0n) is 39.0. The third-order valence-corrected chi connectivity index (χ3v) is 16.1. The molecular weight excluding hydrogens is 879 g/mol. The lowest BCUT2D eigenvalue weighted by molar-refractivity contribution is -0.144. The molecule has 3 amide bonds. The summed E-state index contributed by atoms with van der Waals surface area (Å²) in [4.78, 5) is 64.0. The van der Waals surface area contributed by atoms with Gasteiger partial charge in [-0.25, -0.2) is 14.8 Å². The van der Waals surface area contributed by atoms with Crippen LogP contribution in [0.2, 0.25) is 0 Å². The van der Waals surface area contributed by atoms with Crippen molar-refractivity contribution in [3.8, 4) is 33.5 Å². The second-order valence-corrected chi connectivity index (χ2v) is 20.6. The number of alkyl halides is 2. The van der Waals surface area contributed by atoms with E-state index in [1.54, 1.807) is 30.5 Å². The Bertz CT molecular complexity index is 3000. The third kappa shape index (κ3) is 7.42. The van der Waals surface area contributed by atoms with Gasteiger partial charge in [0.05, 0.1) is 55.3 Å². The highest BCUT2D eigenvalue weighted by Crippen LogP contribution is 2.59. The van der Waals surface area contributed by atoms with E-state index in [-0.39, 0.29) is 52.4 Å². The van der Waals surface area contributed by atoms with E-state index in [1.165, 1.54) is 7.11 Å². The summed E-state index contributed by atoms with van der Waals surface area (Å²) in [7, 11) is 1.27. The molecule has 1 spiro atoms. The monoisotopic (exact) mass is 934 g/mol. The minimum absolute atomic E-state index is 0.0166. The lowest BCUT2D eigenvalue weighted by Gasteiger charge is -2.41. The number of alkyl carbamates (subject to hydrolysis) is 1. The van der Waals surface area contributed by atoms with Gasteiger partial charge in [-0.3, -0.25) is 14.5 Å². The summed E-state index contributed by atoms with van der Waals surface area (Å²) in [6, 6.07) is 24.7. The number of amides is 3. The van der Waals surface area contributed by atoms with E-state index < -0.39 is 24.1 Å². The van der Waals surface area contributed by atoms with Crippen LogP contribution in [0.1, 0.15) is 98.8 Å². The first kappa shape index (κ1) is 43.8. The molecule has 12 rings (SSSR count). The smallest absolute Gasteiger partial charge is 0.407 e. The molecule has 6 atom stereocenters. The highest BCUT2D eigenvalue weighted by Gasteiger charge is 2.56. The van der Waals surface area contributed by atoms with Crippen molar-refractivity contribution in [2.24, 2.45) is 17.3 Å². The molecule has 2 saturated carbocycles. The molecule has 5 fully saturated rings. The lowest BCUT2D eigenvalue weighted by Crippen LogP contribution is -2.51. The predicted octanol–water partition coefficient (Wildman–Crippen LogP) is 9.30. The first-order chi connectivity index (χ1) is 33.4. The first-order valence-corrected chi connectivity index (χ1v) is 24.5. The molecule has 3 aliphatic heterocycles. The summed E-state index contributed by atoms with van der Waals surface area (Å²) in [5.41, 5.74) is 5.98. The number of nitrogens with one attached hydrogen (secondary N) is 3. The number of imidazole rings is 2. The Morgan fingerprint density at radius 1 is 0.855 bits per heavy atom. The fourth-order valence-electron chi connectivity index (χ4n) is 12.3. The molecule has 3 saturated heterocycles. The van der Waals surface area contributed by atoms with Gasteiger partial charge in [-0.15, -0.1) is 0 Å². The maximum atomic E-state index is 16.8. The van der Waals surface area contributed by atoms with E-state index >= 15 is 8.78 Å². The van der Waals surface area contributed by atoms with Crippen molar-refractivity contribution in [2.45, 2.75) is 88.5 Å². The molecule has 356 valence electrons. The number of aromatic amines is 2. The van der Waals surface area contributed by atoms with Crippen molar-refractivity contribution in [1.82, 2.24) is 40.0 Å². The number of carbonyl (C=O) groups excluding carboxylic acids is 3. The summed E-state index contributed by atoms with van der Waals surface area (Å²) in [5, 5.41) is 2.71. The van der Waals surface area contributed by atoms with E-state index in [1.807, 2.05) is 79.4 Å². The number of ether oxygens (including phenoxy) is 2. The molecule has 5 heterocycles. The largest absolute Gasteiger partial charge is 0.453 e. The number of piperidine rings is 1. The number of fused-ring (bicyclic) bond motifs is 6. The quantitative estimate of drug-likeness (QED) is 0.123. The van der Waals surface area contributed by atoms with Crippen LogP contribution in [-0.4, -0.2) is 105 Å². The van der Waals surface area contributed by atoms with Gasteiger partial charge in [0.2, 0.25) is 11.8 Å². The predicted molar refractivity (Wildman–Crippen MR) is 255 cm³/mol. The van der Waals surface area contributed by atoms with Gasteiger partial charge >= 0.3 is 6.09 Å². The van der Waals surface area contributed by atoms with Crippen LogP contribution in [-0.2, 0) is 25.0 Å². The van der Waals surface area contributed by atoms with E-state index in [9.17, 15) is 14.4 Å². The van der Waals surface area contributed by atoms with Gasteiger partial charge in [-0.05, 0) is 108 Å². The summed E-state index contributed by atoms with van der Waals surface area (Å²) >= 11 is 0. The number of H-pyrrole nitrogens is 2. The van der Waals surface area contributed by atoms with Crippen LogP contribution in [0.25, 0.3) is 44.5 Å². The second kappa shape index (κ2) is 16.6. The number of hydrogen-bond donors (Lipinski definition) is 3. The van der Waals surface area contributed by atoms with Crippen molar-refractivity contribution in [3.05, 3.63) is 119 Å². The molecule has 2 aromatic heterocycles. The zero-order valence-corrected chi connectivity index (χ0v) is 39.0. The normalized spacial score (nSPS) is 23.9.